The first-order valence-electron chi connectivity index (χ1n) is 7.39. The van der Waals surface area contributed by atoms with Crippen LogP contribution in [-0.2, 0) is 6.54 Å². The topological polar surface area (TPSA) is 154 Å². The van der Waals surface area contributed by atoms with Crippen LogP contribution < -0.4 is 17.0 Å². The number of amides is 1. The number of aromatic nitrogens is 5. The van der Waals surface area contributed by atoms with Crippen molar-refractivity contribution in [3.8, 4) is 5.82 Å². The smallest absolute Gasteiger partial charge is 0.287 e. The van der Waals surface area contributed by atoms with Crippen LogP contribution in [0, 0.1) is 0 Å². The Hall–Kier alpha value is -2.53. The van der Waals surface area contributed by atoms with Gasteiger partial charge in [0.05, 0.1) is 5.69 Å². The molecule has 0 bridgehead atoms. The fourth-order valence-corrected chi connectivity index (χ4v) is 2.78. The van der Waals surface area contributed by atoms with Crippen LogP contribution in [0.3, 0.4) is 0 Å². The Labute approximate surface area is 131 Å². The number of carbonyl (C=O) groups is 1. The van der Waals surface area contributed by atoms with Gasteiger partial charge < -0.3 is 5.73 Å². The molecular weight excluding hydrogens is 302 g/mol. The van der Waals surface area contributed by atoms with E-state index in [9.17, 15) is 4.79 Å². The molecule has 0 aliphatic carbocycles. The number of nitrogens with zero attached hydrogens (tertiary/aromatic N) is 6. The van der Waals surface area contributed by atoms with Crippen LogP contribution in [0.25, 0.3) is 5.82 Å². The van der Waals surface area contributed by atoms with Crippen LogP contribution in [0.2, 0.25) is 0 Å². The van der Waals surface area contributed by atoms with E-state index in [1.165, 1.54) is 11.1 Å². The number of carbonyl (C=O) groups excluding carboxylic acids is 1. The summed E-state index contributed by atoms with van der Waals surface area (Å²) < 4.78 is 5.98. The fourth-order valence-electron chi connectivity index (χ4n) is 2.78. The van der Waals surface area contributed by atoms with Crippen molar-refractivity contribution in [2.75, 3.05) is 12.3 Å². The summed E-state index contributed by atoms with van der Waals surface area (Å²) in [4.78, 5) is 14.2. The van der Waals surface area contributed by atoms with Crippen molar-refractivity contribution in [1.82, 2.24) is 35.6 Å². The molecule has 1 atom stereocenters. The highest BCUT2D eigenvalue weighted by Gasteiger charge is 2.27. The van der Waals surface area contributed by atoms with Gasteiger partial charge in [-0.1, -0.05) is 11.6 Å². The molecule has 0 spiro atoms. The Morgan fingerprint density at radius 1 is 1.43 bits per heavy atom. The van der Waals surface area contributed by atoms with Crippen molar-refractivity contribution in [3.05, 3.63) is 11.4 Å². The molecule has 5 N–H and O–H groups in total. The number of nitrogens with one attached hydrogen (secondary N) is 1. The monoisotopic (exact) mass is 321 g/mol. The maximum absolute atomic E-state index is 12.0. The van der Waals surface area contributed by atoms with Crippen molar-refractivity contribution in [3.63, 3.8) is 0 Å². The number of nitrogen functional groups attached to an aromatic ring is 2. The van der Waals surface area contributed by atoms with E-state index < -0.39 is 5.91 Å². The van der Waals surface area contributed by atoms with Crippen LogP contribution in [0.5, 0.6) is 0 Å². The van der Waals surface area contributed by atoms with Gasteiger partial charge in [0.25, 0.3) is 5.91 Å². The normalized spacial score (nSPS) is 19.0. The van der Waals surface area contributed by atoms with E-state index in [0.717, 1.165) is 19.4 Å². The molecule has 0 aromatic carbocycles. The Morgan fingerprint density at radius 2 is 2.26 bits per heavy atom. The van der Waals surface area contributed by atoms with Gasteiger partial charge in [0.15, 0.2) is 5.69 Å². The lowest BCUT2D eigenvalue weighted by Gasteiger charge is -2.33. The number of nitrogens with two attached hydrogens (primary N) is 2. The summed E-state index contributed by atoms with van der Waals surface area (Å²) in [5.74, 6) is 4.98. The Kier molecular flexibility index (Phi) is 4.21. The summed E-state index contributed by atoms with van der Waals surface area (Å²) >= 11 is 0. The van der Waals surface area contributed by atoms with Crippen LogP contribution in [0.1, 0.15) is 42.4 Å². The first-order valence-corrected chi connectivity index (χ1v) is 7.39. The number of rotatable bonds is 4. The summed E-state index contributed by atoms with van der Waals surface area (Å²) in [6.45, 7) is 3.56. The van der Waals surface area contributed by atoms with Gasteiger partial charge in [0.1, 0.15) is 0 Å². The van der Waals surface area contributed by atoms with Crippen LogP contribution >= 0.6 is 0 Å². The van der Waals surface area contributed by atoms with Crippen molar-refractivity contribution in [2.45, 2.75) is 38.8 Å². The third kappa shape index (κ3) is 2.87. The highest BCUT2D eigenvalue weighted by Crippen LogP contribution is 2.22. The zero-order valence-electron chi connectivity index (χ0n) is 12.8. The van der Waals surface area contributed by atoms with Gasteiger partial charge in [-0.15, -0.1) is 5.10 Å². The van der Waals surface area contributed by atoms with Gasteiger partial charge >= 0.3 is 0 Å². The van der Waals surface area contributed by atoms with Gasteiger partial charge in [-0.05, 0) is 36.6 Å². The summed E-state index contributed by atoms with van der Waals surface area (Å²) in [5, 5.41) is 15.1. The Morgan fingerprint density at radius 3 is 2.91 bits per heavy atom. The number of hydrazine groups is 1. The standard InChI is InChI=1S/C12H19N9O2/c1-7-4-2-3-5-20(7)6-8-9(12(22)15-14)16-19-21(8)11-10(13)17-23-18-11/h7H,2-6,14H2,1H3,(H2,13,17)(H,15,22). The number of likely N-dealkylation sites (tertiary alicyclic amines) is 1. The van der Waals surface area contributed by atoms with E-state index in [1.54, 1.807) is 0 Å². The van der Waals surface area contributed by atoms with Crippen LogP contribution in [-0.4, -0.2) is 48.7 Å². The quantitative estimate of drug-likeness (QED) is 0.373. The molecule has 1 aliphatic rings. The van der Waals surface area contributed by atoms with Crippen LogP contribution in [0.15, 0.2) is 4.63 Å². The molecule has 2 aromatic heterocycles. The second-order valence-electron chi connectivity index (χ2n) is 5.56. The zero-order chi connectivity index (χ0) is 16.4. The molecule has 0 saturated carbocycles. The number of piperidine rings is 1. The second kappa shape index (κ2) is 6.30. The highest BCUT2D eigenvalue weighted by atomic mass is 16.6. The molecule has 2 aromatic rings. The molecule has 23 heavy (non-hydrogen) atoms. The Balaban J connectivity index is 1.99. The molecule has 1 amide bonds. The lowest BCUT2D eigenvalue weighted by Crippen LogP contribution is -2.38. The number of hydrogen-bond acceptors (Lipinski definition) is 9. The molecule has 1 aliphatic heterocycles. The molecule has 11 nitrogen and oxygen atoms in total. The highest BCUT2D eigenvalue weighted by molar-refractivity contribution is 5.92. The van der Waals surface area contributed by atoms with Crippen molar-refractivity contribution >= 4 is 11.7 Å². The van der Waals surface area contributed by atoms with Gasteiger partial charge in [0, 0.05) is 12.6 Å². The minimum Gasteiger partial charge on any atom is -0.378 e. The van der Waals surface area contributed by atoms with E-state index in [0.29, 0.717) is 18.3 Å². The van der Waals surface area contributed by atoms with E-state index in [4.69, 9.17) is 11.6 Å². The first-order chi connectivity index (χ1) is 11.1. The molecule has 3 heterocycles. The molecular formula is C12H19N9O2. The third-order valence-electron chi connectivity index (χ3n) is 4.10. The maximum atomic E-state index is 12.0. The van der Waals surface area contributed by atoms with E-state index in [2.05, 4.69) is 42.5 Å². The summed E-state index contributed by atoms with van der Waals surface area (Å²) in [6, 6.07) is 0.397. The van der Waals surface area contributed by atoms with Gasteiger partial charge in [0.2, 0.25) is 11.6 Å². The predicted molar refractivity (Wildman–Crippen MR) is 79.0 cm³/mol. The lowest BCUT2D eigenvalue weighted by atomic mass is 10.0. The first kappa shape index (κ1) is 15.4. The fraction of sp³-hybridized carbons (Fsp3) is 0.583. The maximum Gasteiger partial charge on any atom is 0.287 e. The summed E-state index contributed by atoms with van der Waals surface area (Å²) in [7, 11) is 0. The number of hydrogen-bond donors (Lipinski definition) is 3. The lowest BCUT2D eigenvalue weighted by molar-refractivity contribution is 0.0943. The van der Waals surface area contributed by atoms with E-state index in [-0.39, 0.29) is 17.3 Å². The molecule has 1 unspecified atom stereocenters. The Bertz CT molecular complexity index is 695. The molecule has 3 rings (SSSR count). The average Bonchev–Trinajstić information content (AvgIpc) is 3.15. The minimum absolute atomic E-state index is 0.0718. The SMILES string of the molecule is CC1CCCCN1Cc1c(C(=O)NN)nnn1-c1nonc1N. The van der Waals surface area contributed by atoms with Gasteiger partial charge in [-0.2, -0.15) is 4.68 Å². The van der Waals surface area contributed by atoms with E-state index in [1.807, 2.05) is 0 Å². The third-order valence-corrected chi connectivity index (χ3v) is 4.10. The van der Waals surface area contributed by atoms with Crippen molar-refractivity contribution in [1.29, 1.82) is 0 Å². The predicted octanol–water partition coefficient (Wildman–Crippen LogP) is -0.790. The largest absolute Gasteiger partial charge is 0.378 e. The number of anilines is 1. The average molecular weight is 321 g/mol. The van der Waals surface area contributed by atoms with Crippen molar-refractivity contribution < 1.29 is 9.42 Å². The summed E-state index contributed by atoms with van der Waals surface area (Å²) in [6.07, 6.45) is 3.41. The zero-order valence-corrected chi connectivity index (χ0v) is 12.8. The van der Waals surface area contributed by atoms with Crippen molar-refractivity contribution in [2.24, 2.45) is 5.84 Å². The minimum atomic E-state index is -0.522. The summed E-state index contributed by atoms with van der Waals surface area (Å²) in [5.41, 5.74) is 8.48. The molecule has 124 valence electrons. The molecule has 1 saturated heterocycles. The second-order valence-corrected chi connectivity index (χ2v) is 5.56. The molecule has 0 radical (unpaired) electrons. The van der Waals surface area contributed by atoms with E-state index >= 15 is 0 Å². The molecule has 1 fully saturated rings. The van der Waals surface area contributed by atoms with Gasteiger partial charge in [-0.25, -0.2) is 10.5 Å². The molecule has 11 heteroatoms. The van der Waals surface area contributed by atoms with Gasteiger partial charge in [-0.3, -0.25) is 15.1 Å². The van der Waals surface area contributed by atoms with Crippen LogP contribution in [0.4, 0.5) is 5.82 Å².